The van der Waals surface area contributed by atoms with Gasteiger partial charge in [-0.3, -0.25) is 9.78 Å². The van der Waals surface area contributed by atoms with Gasteiger partial charge in [-0.1, -0.05) is 32.9 Å². The van der Waals surface area contributed by atoms with Crippen LogP contribution in [0.5, 0.6) is 0 Å². The van der Waals surface area contributed by atoms with Crippen molar-refractivity contribution in [1.82, 2.24) is 4.98 Å². The smallest absolute Gasteiger partial charge is 0.217 e. The third-order valence-corrected chi connectivity index (χ3v) is 3.32. The maximum absolute atomic E-state index is 10.9. The number of carbonyl (C=O) groups is 1. The van der Waals surface area contributed by atoms with Crippen molar-refractivity contribution < 1.29 is 4.79 Å². The Morgan fingerprint density at radius 1 is 1.26 bits per heavy atom. The number of rotatable bonds is 3. The van der Waals surface area contributed by atoms with E-state index < -0.39 is 0 Å². The molecule has 0 aliphatic rings. The fourth-order valence-corrected chi connectivity index (χ4v) is 2.14. The first-order valence-electron chi connectivity index (χ1n) is 6.54. The van der Waals surface area contributed by atoms with Crippen LogP contribution in [0.2, 0.25) is 0 Å². The summed E-state index contributed by atoms with van der Waals surface area (Å²) in [6, 6.07) is 8.44. The van der Waals surface area contributed by atoms with E-state index in [4.69, 9.17) is 5.73 Å². The molecule has 3 heteroatoms. The van der Waals surface area contributed by atoms with Crippen molar-refractivity contribution >= 4 is 16.7 Å². The summed E-state index contributed by atoms with van der Waals surface area (Å²) in [5, 5.41) is 2.28. The van der Waals surface area contributed by atoms with Gasteiger partial charge in [0.1, 0.15) is 0 Å². The van der Waals surface area contributed by atoms with E-state index in [0.717, 1.165) is 16.5 Å². The average Bonchev–Trinajstić information content (AvgIpc) is 2.34. The van der Waals surface area contributed by atoms with E-state index in [0.29, 0.717) is 12.8 Å². The summed E-state index contributed by atoms with van der Waals surface area (Å²) >= 11 is 0. The Bertz CT molecular complexity index is 612. The summed E-state index contributed by atoms with van der Waals surface area (Å²) in [5.41, 5.74) is 7.54. The maximum Gasteiger partial charge on any atom is 0.217 e. The standard InChI is InChI=1S/C16H20N2O/c1-16(2,3)12-5-4-11-8-9-18-14(13(11)10-12)6-7-15(17)19/h4-5,8-10H,6-7H2,1-3H3,(H2,17,19). The van der Waals surface area contributed by atoms with Crippen molar-refractivity contribution in [3.63, 3.8) is 0 Å². The Morgan fingerprint density at radius 3 is 2.63 bits per heavy atom. The van der Waals surface area contributed by atoms with Crippen LogP contribution in [0.4, 0.5) is 0 Å². The number of amides is 1. The summed E-state index contributed by atoms with van der Waals surface area (Å²) in [4.78, 5) is 15.3. The van der Waals surface area contributed by atoms with Crippen LogP contribution in [0.25, 0.3) is 10.8 Å². The first-order chi connectivity index (χ1) is 8.88. The maximum atomic E-state index is 10.9. The molecule has 19 heavy (non-hydrogen) atoms. The van der Waals surface area contributed by atoms with Crippen molar-refractivity contribution in [2.24, 2.45) is 5.73 Å². The zero-order valence-corrected chi connectivity index (χ0v) is 11.7. The lowest BCUT2D eigenvalue weighted by Crippen LogP contribution is -2.12. The quantitative estimate of drug-likeness (QED) is 0.918. The minimum Gasteiger partial charge on any atom is -0.370 e. The number of pyridine rings is 1. The van der Waals surface area contributed by atoms with E-state index in [1.165, 1.54) is 5.56 Å². The number of nitrogens with zero attached hydrogens (tertiary/aromatic N) is 1. The molecule has 2 N–H and O–H groups in total. The molecular formula is C16H20N2O. The van der Waals surface area contributed by atoms with E-state index in [2.05, 4.69) is 44.0 Å². The van der Waals surface area contributed by atoms with Crippen molar-refractivity contribution in [3.05, 3.63) is 41.7 Å². The molecule has 3 nitrogen and oxygen atoms in total. The summed E-state index contributed by atoms with van der Waals surface area (Å²) in [5.74, 6) is -0.286. The second-order valence-electron chi connectivity index (χ2n) is 5.91. The first kappa shape index (κ1) is 13.5. The number of hydrogen-bond acceptors (Lipinski definition) is 2. The second-order valence-corrected chi connectivity index (χ2v) is 5.91. The van der Waals surface area contributed by atoms with E-state index >= 15 is 0 Å². The molecule has 0 bridgehead atoms. The SMILES string of the molecule is CC(C)(C)c1ccc2ccnc(CCC(N)=O)c2c1. The van der Waals surface area contributed by atoms with Crippen LogP contribution in [0.1, 0.15) is 38.4 Å². The lowest BCUT2D eigenvalue weighted by molar-refractivity contribution is -0.118. The fraction of sp³-hybridized carbons (Fsp3) is 0.375. The van der Waals surface area contributed by atoms with E-state index in [-0.39, 0.29) is 11.3 Å². The molecule has 0 saturated carbocycles. The van der Waals surface area contributed by atoms with Gasteiger partial charge in [0, 0.05) is 23.7 Å². The Balaban J connectivity index is 2.49. The van der Waals surface area contributed by atoms with Gasteiger partial charge in [-0.25, -0.2) is 0 Å². The number of carbonyl (C=O) groups excluding carboxylic acids is 1. The highest BCUT2D eigenvalue weighted by atomic mass is 16.1. The lowest BCUT2D eigenvalue weighted by Gasteiger charge is -2.20. The van der Waals surface area contributed by atoms with Crippen LogP contribution >= 0.6 is 0 Å². The van der Waals surface area contributed by atoms with Crippen LogP contribution in [0.3, 0.4) is 0 Å². The highest BCUT2D eigenvalue weighted by Crippen LogP contribution is 2.27. The third-order valence-electron chi connectivity index (χ3n) is 3.32. The molecule has 2 rings (SSSR count). The zero-order chi connectivity index (χ0) is 14.0. The summed E-state index contributed by atoms with van der Waals surface area (Å²) in [6.07, 6.45) is 2.72. The molecule has 0 aliphatic heterocycles. The second kappa shape index (κ2) is 5.00. The first-order valence-corrected chi connectivity index (χ1v) is 6.54. The molecule has 100 valence electrons. The molecule has 0 spiro atoms. The summed E-state index contributed by atoms with van der Waals surface area (Å²) in [7, 11) is 0. The average molecular weight is 256 g/mol. The van der Waals surface area contributed by atoms with Crippen LogP contribution in [0.15, 0.2) is 30.5 Å². The van der Waals surface area contributed by atoms with Gasteiger partial charge in [-0.15, -0.1) is 0 Å². The Labute approximate surface area is 113 Å². The molecule has 1 aromatic heterocycles. The minimum absolute atomic E-state index is 0.102. The van der Waals surface area contributed by atoms with E-state index in [1.54, 1.807) is 6.20 Å². The van der Waals surface area contributed by atoms with E-state index in [9.17, 15) is 4.79 Å². The van der Waals surface area contributed by atoms with Gasteiger partial charge in [0.05, 0.1) is 0 Å². The van der Waals surface area contributed by atoms with Crippen LogP contribution < -0.4 is 5.73 Å². The van der Waals surface area contributed by atoms with Gasteiger partial charge >= 0.3 is 0 Å². The normalized spacial score (nSPS) is 11.7. The number of hydrogen-bond donors (Lipinski definition) is 1. The van der Waals surface area contributed by atoms with Crippen LogP contribution in [-0.2, 0) is 16.6 Å². The number of nitrogens with two attached hydrogens (primary N) is 1. The topological polar surface area (TPSA) is 56.0 Å². The van der Waals surface area contributed by atoms with Crippen molar-refractivity contribution in [3.8, 4) is 0 Å². The molecule has 0 unspecified atom stereocenters. The number of primary amides is 1. The third kappa shape index (κ3) is 3.11. The fourth-order valence-electron chi connectivity index (χ4n) is 2.14. The van der Waals surface area contributed by atoms with Gasteiger partial charge in [-0.05, 0) is 34.9 Å². The highest BCUT2D eigenvalue weighted by molar-refractivity contribution is 5.86. The molecule has 0 saturated heterocycles. The van der Waals surface area contributed by atoms with Crippen molar-refractivity contribution in [2.45, 2.75) is 39.0 Å². The van der Waals surface area contributed by atoms with Gasteiger partial charge < -0.3 is 5.73 Å². The predicted molar refractivity (Wildman–Crippen MR) is 78.0 cm³/mol. The van der Waals surface area contributed by atoms with Gasteiger partial charge in [0.25, 0.3) is 0 Å². The molecule has 0 atom stereocenters. The van der Waals surface area contributed by atoms with Crippen molar-refractivity contribution in [2.75, 3.05) is 0 Å². The van der Waals surface area contributed by atoms with E-state index in [1.807, 2.05) is 6.07 Å². The minimum atomic E-state index is -0.286. The number of fused-ring (bicyclic) bond motifs is 1. The Kier molecular flexibility index (Phi) is 3.56. The molecule has 1 amide bonds. The molecule has 0 fully saturated rings. The Hall–Kier alpha value is -1.90. The monoisotopic (exact) mass is 256 g/mol. The molecule has 1 aromatic carbocycles. The predicted octanol–water partition coefficient (Wildman–Crippen LogP) is 2.95. The molecular weight excluding hydrogens is 236 g/mol. The number of benzene rings is 1. The van der Waals surface area contributed by atoms with Gasteiger partial charge in [0.2, 0.25) is 5.91 Å². The molecule has 2 aromatic rings. The largest absolute Gasteiger partial charge is 0.370 e. The van der Waals surface area contributed by atoms with Gasteiger partial charge in [0.15, 0.2) is 0 Å². The molecule has 1 heterocycles. The summed E-state index contributed by atoms with van der Waals surface area (Å²) in [6.45, 7) is 6.56. The number of aryl methyl sites for hydroxylation is 1. The molecule has 0 aliphatic carbocycles. The Morgan fingerprint density at radius 2 is 2.00 bits per heavy atom. The zero-order valence-electron chi connectivity index (χ0n) is 11.7. The van der Waals surface area contributed by atoms with Gasteiger partial charge in [-0.2, -0.15) is 0 Å². The van der Waals surface area contributed by atoms with Crippen LogP contribution in [0, 0.1) is 0 Å². The van der Waals surface area contributed by atoms with Crippen molar-refractivity contribution in [1.29, 1.82) is 0 Å². The summed E-state index contributed by atoms with van der Waals surface area (Å²) < 4.78 is 0. The lowest BCUT2D eigenvalue weighted by atomic mass is 9.85. The molecule has 0 radical (unpaired) electrons. The number of aromatic nitrogens is 1. The highest BCUT2D eigenvalue weighted by Gasteiger charge is 2.15. The van der Waals surface area contributed by atoms with Crippen LogP contribution in [-0.4, -0.2) is 10.9 Å².